The summed E-state index contributed by atoms with van der Waals surface area (Å²) in [6, 6.07) is 5.22. The fraction of sp³-hybridized carbons (Fsp3) is 0.385. The van der Waals surface area contributed by atoms with Crippen LogP contribution < -0.4 is 5.32 Å². The van der Waals surface area contributed by atoms with Crippen LogP contribution in [0.4, 0.5) is 4.39 Å². The van der Waals surface area contributed by atoms with Crippen LogP contribution in [-0.4, -0.2) is 11.5 Å². The number of aromatic nitrogens is 1. The molecule has 1 aromatic carbocycles. The van der Waals surface area contributed by atoms with Crippen LogP contribution in [0.25, 0.3) is 10.9 Å². The van der Waals surface area contributed by atoms with E-state index in [0.717, 1.165) is 34.0 Å². The highest BCUT2D eigenvalue weighted by Crippen LogP contribution is 2.34. The van der Waals surface area contributed by atoms with Gasteiger partial charge in [0, 0.05) is 27.1 Å². The lowest BCUT2D eigenvalue weighted by molar-refractivity contribution is 0.406. The van der Waals surface area contributed by atoms with Gasteiger partial charge in [0.2, 0.25) is 0 Å². The average molecular weight is 297 g/mol. The van der Waals surface area contributed by atoms with Crippen LogP contribution in [0, 0.1) is 5.82 Å². The van der Waals surface area contributed by atoms with Crippen LogP contribution >= 0.6 is 15.9 Å². The first-order chi connectivity index (χ1) is 8.25. The SMILES string of the molecule is Fc1ccc2c(Br)c(C3CCCCN3)[nH]c2c1. The fourth-order valence-electron chi connectivity index (χ4n) is 2.49. The summed E-state index contributed by atoms with van der Waals surface area (Å²) in [5.74, 6) is -0.200. The Labute approximate surface area is 108 Å². The quantitative estimate of drug-likeness (QED) is 0.821. The van der Waals surface area contributed by atoms with Gasteiger partial charge < -0.3 is 10.3 Å². The van der Waals surface area contributed by atoms with Gasteiger partial charge in [-0.2, -0.15) is 0 Å². The summed E-state index contributed by atoms with van der Waals surface area (Å²) in [7, 11) is 0. The number of benzene rings is 1. The fourth-order valence-corrected chi connectivity index (χ4v) is 3.22. The molecule has 17 heavy (non-hydrogen) atoms. The maximum atomic E-state index is 13.2. The molecule has 0 spiro atoms. The number of aromatic amines is 1. The van der Waals surface area contributed by atoms with E-state index in [1.54, 1.807) is 6.07 Å². The van der Waals surface area contributed by atoms with E-state index in [2.05, 4.69) is 26.2 Å². The first-order valence-corrected chi connectivity index (χ1v) is 6.75. The summed E-state index contributed by atoms with van der Waals surface area (Å²) in [6.45, 7) is 1.06. The van der Waals surface area contributed by atoms with Gasteiger partial charge in [-0.3, -0.25) is 0 Å². The molecule has 1 aliphatic heterocycles. The molecule has 2 heterocycles. The molecule has 4 heteroatoms. The zero-order chi connectivity index (χ0) is 11.8. The Morgan fingerprint density at radius 2 is 2.18 bits per heavy atom. The Bertz CT molecular complexity index is 544. The zero-order valence-corrected chi connectivity index (χ0v) is 11.0. The van der Waals surface area contributed by atoms with Gasteiger partial charge in [-0.1, -0.05) is 6.42 Å². The maximum Gasteiger partial charge on any atom is 0.125 e. The highest BCUT2D eigenvalue weighted by atomic mass is 79.9. The molecule has 90 valence electrons. The van der Waals surface area contributed by atoms with Gasteiger partial charge in [-0.05, 0) is 53.5 Å². The summed E-state index contributed by atoms with van der Waals surface area (Å²) in [5, 5.41) is 4.55. The summed E-state index contributed by atoms with van der Waals surface area (Å²) in [6.07, 6.45) is 3.62. The first kappa shape index (κ1) is 11.2. The summed E-state index contributed by atoms with van der Waals surface area (Å²) >= 11 is 3.62. The van der Waals surface area contributed by atoms with Crippen molar-refractivity contribution in [2.75, 3.05) is 6.54 Å². The summed E-state index contributed by atoms with van der Waals surface area (Å²) in [4.78, 5) is 3.33. The van der Waals surface area contributed by atoms with Crippen molar-refractivity contribution < 1.29 is 4.39 Å². The molecule has 1 saturated heterocycles. The molecule has 0 radical (unpaired) electrons. The van der Waals surface area contributed by atoms with Gasteiger partial charge in [0.1, 0.15) is 5.82 Å². The Balaban J connectivity index is 2.07. The Kier molecular flexibility index (Phi) is 2.92. The molecule has 1 fully saturated rings. The molecular formula is C13H14BrFN2. The molecule has 1 unspecified atom stereocenters. The predicted octanol–water partition coefficient (Wildman–Crippen LogP) is 3.88. The molecule has 0 aliphatic carbocycles. The third kappa shape index (κ3) is 2.00. The smallest absolute Gasteiger partial charge is 0.125 e. The molecule has 1 aromatic heterocycles. The second-order valence-electron chi connectivity index (χ2n) is 4.55. The van der Waals surface area contributed by atoms with Crippen molar-refractivity contribution in [3.05, 3.63) is 34.2 Å². The molecule has 2 nitrogen and oxygen atoms in total. The summed E-state index contributed by atoms with van der Waals surface area (Å²) in [5.41, 5.74) is 2.00. The Hall–Kier alpha value is -0.870. The largest absolute Gasteiger partial charge is 0.356 e. The minimum Gasteiger partial charge on any atom is -0.356 e. The van der Waals surface area contributed by atoms with E-state index in [4.69, 9.17) is 0 Å². The van der Waals surface area contributed by atoms with E-state index in [1.165, 1.54) is 18.9 Å². The average Bonchev–Trinajstić information content (AvgIpc) is 2.67. The van der Waals surface area contributed by atoms with Crippen LogP contribution in [0.5, 0.6) is 0 Å². The van der Waals surface area contributed by atoms with Crippen LogP contribution in [-0.2, 0) is 0 Å². The monoisotopic (exact) mass is 296 g/mol. The third-order valence-corrected chi connectivity index (χ3v) is 4.24. The van der Waals surface area contributed by atoms with Gasteiger partial charge in [0.15, 0.2) is 0 Å². The Morgan fingerprint density at radius 3 is 2.94 bits per heavy atom. The van der Waals surface area contributed by atoms with Crippen molar-refractivity contribution in [2.45, 2.75) is 25.3 Å². The zero-order valence-electron chi connectivity index (χ0n) is 9.39. The van der Waals surface area contributed by atoms with Gasteiger partial charge >= 0.3 is 0 Å². The van der Waals surface area contributed by atoms with Crippen LogP contribution in [0.1, 0.15) is 31.0 Å². The van der Waals surface area contributed by atoms with Crippen molar-refractivity contribution >= 4 is 26.8 Å². The van der Waals surface area contributed by atoms with E-state index in [9.17, 15) is 4.39 Å². The van der Waals surface area contributed by atoms with Gasteiger partial charge in [0.05, 0.1) is 0 Å². The summed E-state index contributed by atoms with van der Waals surface area (Å²) < 4.78 is 14.2. The number of hydrogen-bond acceptors (Lipinski definition) is 1. The number of piperidine rings is 1. The minimum absolute atomic E-state index is 0.200. The molecule has 0 amide bonds. The van der Waals surface area contributed by atoms with E-state index in [0.29, 0.717) is 6.04 Å². The van der Waals surface area contributed by atoms with Gasteiger partial charge in [-0.25, -0.2) is 4.39 Å². The molecule has 0 saturated carbocycles. The minimum atomic E-state index is -0.200. The van der Waals surface area contributed by atoms with E-state index in [1.807, 2.05) is 6.07 Å². The normalized spacial score (nSPS) is 20.9. The first-order valence-electron chi connectivity index (χ1n) is 5.96. The van der Waals surface area contributed by atoms with E-state index < -0.39 is 0 Å². The van der Waals surface area contributed by atoms with Gasteiger partial charge in [-0.15, -0.1) is 0 Å². The van der Waals surface area contributed by atoms with Crippen molar-refractivity contribution in [3.63, 3.8) is 0 Å². The molecule has 2 N–H and O–H groups in total. The molecule has 3 rings (SSSR count). The number of nitrogens with one attached hydrogen (secondary N) is 2. The highest BCUT2D eigenvalue weighted by molar-refractivity contribution is 9.10. The van der Waals surface area contributed by atoms with Crippen LogP contribution in [0.2, 0.25) is 0 Å². The van der Waals surface area contributed by atoms with Crippen molar-refractivity contribution in [1.82, 2.24) is 10.3 Å². The maximum absolute atomic E-state index is 13.2. The Morgan fingerprint density at radius 1 is 1.29 bits per heavy atom. The standard InChI is InChI=1S/C13H14BrFN2/c14-12-9-5-4-8(15)7-11(9)17-13(12)10-3-1-2-6-16-10/h4-5,7,10,16-17H,1-3,6H2. The molecule has 1 atom stereocenters. The molecule has 1 aliphatic rings. The predicted molar refractivity (Wildman–Crippen MR) is 70.6 cm³/mol. The number of fused-ring (bicyclic) bond motifs is 1. The van der Waals surface area contributed by atoms with Gasteiger partial charge in [0.25, 0.3) is 0 Å². The van der Waals surface area contributed by atoms with Crippen molar-refractivity contribution in [3.8, 4) is 0 Å². The lowest BCUT2D eigenvalue weighted by Crippen LogP contribution is -2.27. The number of rotatable bonds is 1. The number of hydrogen-bond donors (Lipinski definition) is 2. The van der Waals surface area contributed by atoms with Crippen LogP contribution in [0.15, 0.2) is 22.7 Å². The molecule has 0 bridgehead atoms. The van der Waals surface area contributed by atoms with E-state index >= 15 is 0 Å². The second-order valence-corrected chi connectivity index (χ2v) is 5.34. The lowest BCUT2D eigenvalue weighted by atomic mass is 10.0. The third-order valence-electron chi connectivity index (χ3n) is 3.38. The second kappa shape index (κ2) is 4.42. The molecular weight excluding hydrogens is 283 g/mol. The molecule has 2 aromatic rings. The lowest BCUT2D eigenvalue weighted by Gasteiger charge is -2.22. The van der Waals surface area contributed by atoms with E-state index in [-0.39, 0.29) is 5.82 Å². The highest BCUT2D eigenvalue weighted by Gasteiger charge is 2.20. The number of H-pyrrole nitrogens is 1. The topological polar surface area (TPSA) is 27.8 Å². The van der Waals surface area contributed by atoms with Crippen molar-refractivity contribution in [2.24, 2.45) is 0 Å². The van der Waals surface area contributed by atoms with Crippen LogP contribution in [0.3, 0.4) is 0 Å². The van der Waals surface area contributed by atoms with Crippen molar-refractivity contribution in [1.29, 1.82) is 0 Å². The number of halogens is 2.